The maximum Gasteiger partial charge on any atom is 0.258 e. The van der Waals surface area contributed by atoms with E-state index < -0.39 is 17.3 Å². The van der Waals surface area contributed by atoms with E-state index in [0.29, 0.717) is 0 Å². The van der Waals surface area contributed by atoms with Gasteiger partial charge in [-0.05, 0) is 32.8 Å². The second-order valence-corrected chi connectivity index (χ2v) is 4.93. The van der Waals surface area contributed by atoms with Crippen molar-refractivity contribution in [2.75, 3.05) is 0 Å². The molecule has 1 heterocycles. The second-order valence-electron chi connectivity index (χ2n) is 4.93. The van der Waals surface area contributed by atoms with Crippen molar-refractivity contribution in [1.29, 1.82) is 5.26 Å². The third-order valence-corrected chi connectivity index (χ3v) is 3.01. The van der Waals surface area contributed by atoms with Gasteiger partial charge in [0.05, 0.1) is 17.8 Å². The van der Waals surface area contributed by atoms with Gasteiger partial charge >= 0.3 is 0 Å². The average Bonchev–Trinajstić information content (AvgIpc) is 3.14. The lowest BCUT2D eigenvalue weighted by molar-refractivity contribution is 0.0610. The molecule has 1 aliphatic carbocycles. The predicted octanol–water partition coefficient (Wildman–Crippen LogP) is 2.13. The van der Waals surface area contributed by atoms with Crippen molar-refractivity contribution in [2.45, 2.75) is 38.3 Å². The van der Waals surface area contributed by atoms with E-state index in [1.165, 1.54) is 17.2 Å². The summed E-state index contributed by atoms with van der Waals surface area (Å²) in [5.41, 5.74) is -0.964. The van der Waals surface area contributed by atoms with Crippen LogP contribution in [0.25, 0.3) is 0 Å². The number of pyridine rings is 1. The molecular formula is C13H14FN3O. The first kappa shape index (κ1) is 12.5. The van der Waals surface area contributed by atoms with Gasteiger partial charge in [-0.2, -0.15) is 5.26 Å². The van der Waals surface area contributed by atoms with Gasteiger partial charge in [0.15, 0.2) is 5.82 Å². The molecule has 1 aliphatic rings. The van der Waals surface area contributed by atoms with Crippen molar-refractivity contribution < 1.29 is 9.18 Å². The lowest BCUT2D eigenvalue weighted by atomic mass is 10.0. The van der Waals surface area contributed by atoms with Crippen LogP contribution < -0.4 is 0 Å². The number of aromatic nitrogens is 1. The van der Waals surface area contributed by atoms with Crippen LogP contribution in [-0.2, 0) is 0 Å². The maximum absolute atomic E-state index is 13.6. The molecule has 0 aliphatic heterocycles. The molecule has 18 heavy (non-hydrogen) atoms. The lowest BCUT2D eigenvalue weighted by Crippen LogP contribution is -2.48. The highest BCUT2D eigenvalue weighted by Gasteiger charge is 2.42. The fourth-order valence-electron chi connectivity index (χ4n) is 1.94. The van der Waals surface area contributed by atoms with Crippen LogP contribution in [0.5, 0.6) is 0 Å². The zero-order chi connectivity index (χ0) is 13.3. The van der Waals surface area contributed by atoms with E-state index in [0.717, 1.165) is 19.0 Å². The fraction of sp³-hybridized carbons (Fsp3) is 0.462. The average molecular weight is 247 g/mol. The Bertz CT molecular complexity index is 517. The minimum absolute atomic E-state index is 0.0276. The molecule has 1 aromatic heterocycles. The zero-order valence-electron chi connectivity index (χ0n) is 10.4. The Morgan fingerprint density at radius 3 is 2.78 bits per heavy atom. The quantitative estimate of drug-likeness (QED) is 0.822. The molecule has 0 bridgehead atoms. The Kier molecular flexibility index (Phi) is 3.04. The summed E-state index contributed by atoms with van der Waals surface area (Å²) < 4.78 is 13.6. The molecule has 4 nitrogen and oxygen atoms in total. The van der Waals surface area contributed by atoms with E-state index in [1.807, 2.05) is 0 Å². The highest BCUT2D eigenvalue weighted by atomic mass is 19.1. The molecule has 0 N–H and O–H groups in total. The first-order valence-corrected chi connectivity index (χ1v) is 5.82. The third-order valence-electron chi connectivity index (χ3n) is 3.01. The summed E-state index contributed by atoms with van der Waals surface area (Å²) in [6.45, 7) is 3.34. The normalized spacial score (nSPS) is 15.0. The number of nitrogens with zero attached hydrogens (tertiary/aromatic N) is 3. The summed E-state index contributed by atoms with van der Waals surface area (Å²) in [4.78, 5) is 17.5. The molecule has 0 aromatic carbocycles. The standard InChI is InChI=1S/C13H14FN3O/c1-13(2,8-15)17(9-3-4-9)12(18)10-5-6-16-7-11(10)14/h5-7,9H,3-4H2,1-2H3. The van der Waals surface area contributed by atoms with Crippen LogP contribution in [0.1, 0.15) is 37.0 Å². The lowest BCUT2D eigenvalue weighted by Gasteiger charge is -2.33. The van der Waals surface area contributed by atoms with Gasteiger partial charge in [0, 0.05) is 12.2 Å². The molecule has 0 unspecified atom stereocenters. The van der Waals surface area contributed by atoms with Gasteiger partial charge in [-0.25, -0.2) is 4.39 Å². The van der Waals surface area contributed by atoms with Crippen LogP contribution in [0.15, 0.2) is 18.5 Å². The maximum atomic E-state index is 13.6. The third kappa shape index (κ3) is 2.19. The second kappa shape index (κ2) is 4.37. The van der Waals surface area contributed by atoms with E-state index in [-0.39, 0.29) is 11.6 Å². The van der Waals surface area contributed by atoms with E-state index >= 15 is 0 Å². The van der Waals surface area contributed by atoms with Gasteiger partial charge in [-0.3, -0.25) is 9.78 Å². The van der Waals surface area contributed by atoms with Crippen molar-refractivity contribution in [1.82, 2.24) is 9.88 Å². The van der Waals surface area contributed by atoms with Crippen molar-refractivity contribution in [3.8, 4) is 6.07 Å². The summed E-state index contributed by atoms with van der Waals surface area (Å²) in [6.07, 6.45) is 4.12. The molecule has 94 valence electrons. The zero-order valence-corrected chi connectivity index (χ0v) is 10.4. The van der Waals surface area contributed by atoms with Crippen LogP contribution in [0.4, 0.5) is 4.39 Å². The smallest absolute Gasteiger partial charge is 0.258 e. The number of rotatable bonds is 3. The molecule has 0 atom stereocenters. The van der Waals surface area contributed by atoms with Gasteiger partial charge < -0.3 is 4.90 Å². The van der Waals surface area contributed by atoms with Gasteiger partial charge in [-0.1, -0.05) is 0 Å². The van der Waals surface area contributed by atoms with Gasteiger partial charge in [0.1, 0.15) is 5.54 Å². The molecule has 1 fully saturated rings. The molecule has 0 spiro atoms. The Balaban J connectivity index is 2.37. The molecule has 0 radical (unpaired) electrons. The molecular weight excluding hydrogens is 233 g/mol. The molecule has 1 saturated carbocycles. The number of amides is 1. The summed E-state index contributed by atoms with van der Waals surface area (Å²) in [5.74, 6) is -1.09. The Morgan fingerprint density at radius 2 is 2.28 bits per heavy atom. The van der Waals surface area contributed by atoms with Crippen LogP contribution in [0, 0.1) is 17.1 Å². The van der Waals surface area contributed by atoms with Crippen LogP contribution in [-0.4, -0.2) is 27.4 Å². The van der Waals surface area contributed by atoms with E-state index in [9.17, 15) is 9.18 Å². The summed E-state index contributed by atoms with van der Waals surface area (Å²) >= 11 is 0. The topological polar surface area (TPSA) is 57.0 Å². The van der Waals surface area contributed by atoms with Crippen LogP contribution >= 0.6 is 0 Å². The molecule has 1 amide bonds. The highest BCUT2D eigenvalue weighted by Crippen LogP contribution is 2.34. The SMILES string of the molecule is CC(C)(C#N)N(C(=O)c1ccncc1F)C1CC1. The van der Waals surface area contributed by atoms with E-state index in [4.69, 9.17) is 5.26 Å². The Morgan fingerprint density at radius 1 is 1.61 bits per heavy atom. The van der Waals surface area contributed by atoms with Gasteiger partial charge in [0.25, 0.3) is 5.91 Å². The molecule has 5 heteroatoms. The number of hydrogen-bond donors (Lipinski definition) is 0. The summed E-state index contributed by atoms with van der Waals surface area (Å²) in [6, 6.07) is 3.49. The minimum atomic E-state index is -0.937. The number of nitriles is 1. The number of carbonyl (C=O) groups is 1. The van der Waals surface area contributed by atoms with Crippen LogP contribution in [0.2, 0.25) is 0 Å². The fourth-order valence-corrected chi connectivity index (χ4v) is 1.94. The minimum Gasteiger partial charge on any atom is -0.317 e. The Labute approximate surface area is 105 Å². The number of hydrogen-bond acceptors (Lipinski definition) is 3. The largest absolute Gasteiger partial charge is 0.317 e. The van der Waals surface area contributed by atoms with Crippen molar-refractivity contribution in [3.63, 3.8) is 0 Å². The number of halogens is 1. The van der Waals surface area contributed by atoms with Crippen molar-refractivity contribution in [3.05, 3.63) is 29.8 Å². The van der Waals surface area contributed by atoms with E-state index in [2.05, 4.69) is 11.1 Å². The first-order valence-electron chi connectivity index (χ1n) is 5.82. The predicted molar refractivity (Wildman–Crippen MR) is 63.1 cm³/mol. The van der Waals surface area contributed by atoms with Crippen LogP contribution in [0.3, 0.4) is 0 Å². The first-order chi connectivity index (χ1) is 8.47. The van der Waals surface area contributed by atoms with E-state index in [1.54, 1.807) is 13.8 Å². The van der Waals surface area contributed by atoms with Gasteiger partial charge in [-0.15, -0.1) is 0 Å². The monoisotopic (exact) mass is 247 g/mol. The highest BCUT2D eigenvalue weighted by molar-refractivity contribution is 5.95. The van der Waals surface area contributed by atoms with Gasteiger partial charge in [0.2, 0.25) is 0 Å². The molecule has 1 aromatic rings. The molecule has 2 rings (SSSR count). The van der Waals surface area contributed by atoms with Crippen molar-refractivity contribution >= 4 is 5.91 Å². The van der Waals surface area contributed by atoms with Crippen molar-refractivity contribution in [2.24, 2.45) is 0 Å². The number of carbonyl (C=O) groups excluding carboxylic acids is 1. The Hall–Kier alpha value is -1.96. The summed E-state index contributed by atoms with van der Waals surface area (Å²) in [5, 5.41) is 9.16. The molecule has 0 saturated heterocycles. The summed E-state index contributed by atoms with van der Waals surface area (Å²) in [7, 11) is 0.